The third kappa shape index (κ3) is 4.25. The number of rotatable bonds is 7. The molecule has 2 aromatic carbocycles. The molecule has 0 saturated heterocycles. The summed E-state index contributed by atoms with van der Waals surface area (Å²) in [5, 5.41) is 2.80. The number of methoxy groups -OCH3 is 1. The zero-order valence-corrected chi connectivity index (χ0v) is 15.3. The van der Waals surface area contributed by atoms with Gasteiger partial charge in [-0.1, -0.05) is 30.3 Å². The summed E-state index contributed by atoms with van der Waals surface area (Å²) >= 11 is 1.52. The Labute approximate surface area is 151 Å². The normalized spacial score (nSPS) is 11.4. The van der Waals surface area contributed by atoms with Crippen LogP contribution in [0.15, 0.2) is 64.9 Å². The zero-order chi connectivity index (χ0) is 17.7. The second kappa shape index (κ2) is 7.77. The Morgan fingerprint density at radius 3 is 2.56 bits per heavy atom. The summed E-state index contributed by atoms with van der Waals surface area (Å²) in [5.74, 6) is 0.771. The molecule has 130 valence electrons. The molecule has 0 aliphatic carbocycles. The summed E-state index contributed by atoms with van der Waals surface area (Å²) in [7, 11) is -1.85. The standard InChI is InChI=1S/C18H18N2O3S2/c1-23-17-10-6-5-9-16(17)18-20-14(13-24-18)11-12-19-25(21,22)15-7-3-2-4-8-15/h2-10,13,19H,11-12H2,1H3. The molecule has 7 heteroatoms. The Morgan fingerprint density at radius 1 is 1.08 bits per heavy atom. The number of benzene rings is 2. The highest BCUT2D eigenvalue weighted by molar-refractivity contribution is 7.89. The van der Waals surface area contributed by atoms with E-state index in [9.17, 15) is 8.42 Å². The SMILES string of the molecule is COc1ccccc1-c1nc(CCNS(=O)(=O)c2ccccc2)cs1. The molecule has 0 bridgehead atoms. The second-order valence-electron chi connectivity index (χ2n) is 5.31. The molecule has 0 spiro atoms. The van der Waals surface area contributed by atoms with E-state index in [2.05, 4.69) is 9.71 Å². The van der Waals surface area contributed by atoms with Gasteiger partial charge in [0.2, 0.25) is 10.0 Å². The van der Waals surface area contributed by atoms with Crippen LogP contribution >= 0.6 is 11.3 Å². The van der Waals surface area contributed by atoms with E-state index in [0.717, 1.165) is 22.0 Å². The van der Waals surface area contributed by atoms with Gasteiger partial charge < -0.3 is 4.74 Å². The fourth-order valence-corrected chi connectivity index (χ4v) is 4.30. The van der Waals surface area contributed by atoms with Crippen LogP contribution in [0.25, 0.3) is 10.6 Å². The van der Waals surface area contributed by atoms with E-state index < -0.39 is 10.0 Å². The lowest BCUT2D eigenvalue weighted by molar-refractivity contribution is 0.416. The van der Waals surface area contributed by atoms with Crippen LogP contribution in [-0.2, 0) is 16.4 Å². The number of thiazole rings is 1. The number of nitrogens with one attached hydrogen (secondary N) is 1. The van der Waals surface area contributed by atoms with Crippen LogP contribution in [-0.4, -0.2) is 27.1 Å². The predicted molar refractivity (Wildman–Crippen MR) is 99.4 cm³/mol. The van der Waals surface area contributed by atoms with E-state index in [4.69, 9.17) is 4.74 Å². The molecule has 0 atom stereocenters. The zero-order valence-electron chi connectivity index (χ0n) is 13.7. The number of sulfonamides is 1. The molecule has 0 unspecified atom stereocenters. The Bertz CT molecular complexity index is 938. The predicted octanol–water partition coefficient (Wildman–Crippen LogP) is 3.34. The maximum atomic E-state index is 12.2. The van der Waals surface area contributed by atoms with Crippen LogP contribution in [0.5, 0.6) is 5.75 Å². The summed E-state index contributed by atoms with van der Waals surface area (Å²) in [4.78, 5) is 4.85. The monoisotopic (exact) mass is 374 g/mol. The quantitative estimate of drug-likeness (QED) is 0.689. The molecule has 0 aliphatic heterocycles. The first-order valence-corrected chi connectivity index (χ1v) is 10.1. The van der Waals surface area contributed by atoms with Crippen LogP contribution in [0.4, 0.5) is 0 Å². The topological polar surface area (TPSA) is 68.3 Å². The minimum atomic E-state index is -3.48. The fraction of sp³-hybridized carbons (Fsp3) is 0.167. The molecule has 1 aromatic heterocycles. The summed E-state index contributed by atoms with van der Waals surface area (Å²) in [5.41, 5.74) is 1.78. The molecule has 3 rings (SSSR count). The van der Waals surface area contributed by atoms with Gasteiger partial charge in [0, 0.05) is 18.3 Å². The minimum Gasteiger partial charge on any atom is -0.496 e. The van der Waals surface area contributed by atoms with Crippen molar-refractivity contribution in [2.75, 3.05) is 13.7 Å². The molecular weight excluding hydrogens is 356 g/mol. The lowest BCUT2D eigenvalue weighted by Crippen LogP contribution is -2.26. The summed E-state index contributed by atoms with van der Waals surface area (Å²) in [6.07, 6.45) is 0.526. The molecule has 0 amide bonds. The second-order valence-corrected chi connectivity index (χ2v) is 7.93. The van der Waals surface area contributed by atoms with E-state index in [1.807, 2.05) is 29.6 Å². The van der Waals surface area contributed by atoms with Gasteiger partial charge in [-0.25, -0.2) is 18.1 Å². The lowest BCUT2D eigenvalue weighted by Gasteiger charge is -2.06. The van der Waals surface area contributed by atoms with Crippen molar-refractivity contribution in [1.29, 1.82) is 0 Å². The van der Waals surface area contributed by atoms with E-state index in [-0.39, 0.29) is 4.90 Å². The third-order valence-electron chi connectivity index (χ3n) is 3.62. The first-order chi connectivity index (χ1) is 12.1. The van der Waals surface area contributed by atoms with Crippen LogP contribution in [0.3, 0.4) is 0 Å². The third-order valence-corrected chi connectivity index (χ3v) is 6.02. The van der Waals surface area contributed by atoms with Crippen molar-refractivity contribution in [2.45, 2.75) is 11.3 Å². The van der Waals surface area contributed by atoms with E-state index in [0.29, 0.717) is 13.0 Å². The first kappa shape index (κ1) is 17.6. The van der Waals surface area contributed by atoms with Gasteiger partial charge in [-0.15, -0.1) is 11.3 Å². The van der Waals surface area contributed by atoms with E-state index in [1.54, 1.807) is 37.4 Å². The van der Waals surface area contributed by atoms with Gasteiger partial charge >= 0.3 is 0 Å². The van der Waals surface area contributed by atoms with Gasteiger partial charge in [0.15, 0.2) is 0 Å². The first-order valence-electron chi connectivity index (χ1n) is 7.72. The molecule has 25 heavy (non-hydrogen) atoms. The summed E-state index contributed by atoms with van der Waals surface area (Å²) in [6.45, 7) is 0.298. The molecular formula is C18H18N2O3S2. The van der Waals surface area contributed by atoms with Crippen LogP contribution in [0.2, 0.25) is 0 Å². The summed E-state index contributed by atoms with van der Waals surface area (Å²) in [6, 6.07) is 16.0. The van der Waals surface area contributed by atoms with Crippen molar-refractivity contribution in [3.8, 4) is 16.3 Å². The van der Waals surface area contributed by atoms with Crippen molar-refractivity contribution in [3.63, 3.8) is 0 Å². The molecule has 1 heterocycles. The highest BCUT2D eigenvalue weighted by Crippen LogP contribution is 2.31. The number of ether oxygens (including phenoxy) is 1. The van der Waals surface area contributed by atoms with Crippen molar-refractivity contribution in [3.05, 3.63) is 65.7 Å². The molecule has 3 aromatic rings. The molecule has 0 aliphatic rings. The molecule has 0 radical (unpaired) electrons. The maximum Gasteiger partial charge on any atom is 0.240 e. The van der Waals surface area contributed by atoms with Crippen LogP contribution in [0, 0.1) is 0 Å². The highest BCUT2D eigenvalue weighted by Gasteiger charge is 2.13. The number of aromatic nitrogens is 1. The number of nitrogens with zero attached hydrogens (tertiary/aromatic N) is 1. The highest BCUT2D eigenvalue weighted by atomic mass is 32.2. The van der Waals surface area contributed by atoms with Crippen molar-refractivity contribution < 1.29 is 13.2 Å². The van der Waals surface area contributed by atoms with E-state index >= 15 is 0 Å². The Balaban J connectivity index is 1.65. The Kier molecular flexibility index (Phi) is 5.47. The maximum absolute atomic E-state index is 12.2. The smallest absolute Gasteiger partial charge is 0.240 e. The van der Waals surface area contributed by atoms with Gasteiger partial charge in [-0.3, -0.25) is 0 Å². The fourth-order valence-electron chi connectivity index (χ4n) is 2.36. The van der Waals surface area contributed by atoms with Crippen LogP contribution in [0.1, 0.15) is 5.69 Å². The molecule has 0 saturated carbocycles. The molecule has 5 nitrogen and oxygen atoms in total. The van der Waals surface area contributed by atoms with Gasteiger partial charge in [0.05, 0.1) is 23.3 Å². The molecule has 1 N–H and O–H groups in total. The van der Waals surface area contributed by atoms with Crippen molar-refractivity contribution in [1.82, 2.24) is 9.71 Å². The van der Waals surface area contributed by atoms with Gasteiger partial charge in [-0.05, 0) is 24.3 Å². The Morgan fingerprint density at radius 2 is 1.80 bits per heavy atom. The van der Waals surface area contributed by atoms with E-state index in [1.165, 1.54) is 11.3 Å². The van der Waals surface area contributed by atoms with Gasteiger partial charge in [-0.2, -0.15) is 0 Å². The molecule has 0 fully saturated rings. The van der Waals surface area contributed by atoms with Gasteiger partial charge in [0.1, 0.15) is 10.8 Å². The largest absolute Gasteiger partial charge is 0.496 e. The van der Waals surface area contributed by atoms with Crippen LogP contribution < -0.4 is 9.46 Å². The number of hydrogen-bond acceptors (Lipinski definition) is 5. The number of para-hydroxylation sites is 1. The van der Waals surface area contributed by atoms with Crippen molar-refractivity contribution >= 4 is 21.4 Å². The average molecular weight is 374 g/mol. The Hall–Kier alpha value is -2.22. The van der Waals surface area contributed by atoms with Gasteiger partial charge in [0.25, 0.3) is 0 Å². The average Bonchev–Trinajstić information content (AvgIpc) is 3.11. The number of hydrogen-bond donors (Lipinski definition) is 1. The van der Waals surface area contributed by atoms with Crippen molar-refractivity contribution in [2.24, 2.45) is 0 Å². The lowest BCUT2D eigenvalue weighted by atomic mass is 10.2. The summed E-state index contributed by atoms with van der Waals surface area (Å²) < 4.78 is 32.3. The minimum absolute atomic E-state index is 0.267.